The highest BCUT2D eigenvalue weighted by Gasteiger charge is 2.17. The summed E-state index contributed by atoms with van der Waals surface area (Å²) in [4.78, 5) is 0.982. The average Bonchev–Trinajstić information content (AvgIpc) is 2.90. The Morgan fingerprint density at radius 3 is 3.12 bits per heavy atom. The van der Waals surface area contributed by atoms with E-state index in [0.717, 1.165) is 28.6 Å². The number of nitrogens with zero attached hydrogens (tertiary/aromatic N) is 1. The molecule has 1 atom stereocenters. The second-order valence-corrected chi connectivity index (χ2v) is 5.26. The van der Waals surface area contributed by atoms with Crippen LogP contribution >= 0.6 is 0 Å². The molecule has 0 fully saturated rings. The summed E-state index contributed by atoms with van der Waals surface area (Å²) in [5.41, 5.74) is 2.18. The normalized spacial score (nSPS) is 18.4. The van der Waals surface area contributed by atoms with Crippen LogP contribution in [-0.4, -0.2) is 20.2 Å². The molecule has 1 aromatic heterocycles. The summed E-state index contributed by atoms with van der Waals surface area (Å²) in [6, 6.07) is 7.81. The lowest BCUT2D eigenvalue weighted by Gasteiger charge is -2.05. The van der Waals surface area contributed by atoms with Gasteiger partial charge < -0.3 is 5.32 Å². The molecule has 1 aliphatic rings. The molecule has 1 aliphatic heterocycles. The first kappa shape index (κ1) is 9.59. The minimum absolute atomic E-state index is 0.753. The van der Waals surface area contributed by atoms with Gasteiger partial charge in [0, 0.05) is 22.4 Å². The first-order valence-electron chi connectivity index (χ1n) is 5.10. The fourth-order valence-electron chi connectivity index (χ4n) is 1.87. The maximum absolute atomic E-state index is 11.6. The van der Waals surface area contributed by atoms with Gasteiger partial charge >= 0.3 is 0 Å². The number of hydrogen-bond acceptors (Lipinski definition) is 3. The summed E-state index contributed by atoms with van der Waals surface area (Å²) >= 11 is 0. The SMILES string of the molecule is O=S1CCc2cc(Nc3ccn[nH]3)ccc21. The third-order valence-electron chi connectivity index (χ3n) is 2.64. The zero-order valence-corrected chi connectivity index (χ0v) is 9.38. The van der Waals surface area contributed by atoms with Gasteiger partial charge in [0.25, 0.3) is 0 Å². The molecule has 3 rings (SSSR count). The number of aromatic amines is 1. The van der Waals surface area contributed by atoms with Crippen LogP contribution in [0.5, 0.6) is 0 Å². The van der Waals surface area contributed by atoms with E-state index in [9.17, 15) is 4.21 Å². The summed E-state index contributed by atoms with van der Waals surface area (Å²) < 4.78 is 11.6. The number of fused-ring (bicyclic) bond motifs is 1. The quantitative estimate of drug-likeness (QED) is 0.831. The Labute approximate surface area is 95.5 Å². The van der Waals surface area contributed by atoms with Crippen molar-refractivity contribution in [3.05, 3.63) is 36.0 Å². The smallest absolute Gasteiger partial charge is 0.125 e. The lowest BCUT2D eigenvalue weighted by atomic mass is 10.1. The van der Waals surface area contributed by atoms with Gasteiger partial charge in [-0.3, -0.25) is 9.31 Å². The number of nitrogens with one attached hydrogen (secondary N) is 2. The van der Waals surface area contributed by atoms with Crippen molar-refractivity contribution in [3.8, 4) is 0 Å². The molecule has 0 bridgehead atoms. The number of aromatic nitrogens is 2. The van der Waals surface area contributed by atoms with Crippen LogP contribution in [0, 0.1) is 0 Å². The molecule has 1 aromatic carbocycles. The van der Waals surface area contributed by atoms with Crippen LogP contribution in [0.3, 0.4) is 0 Å². The van der Waals surface area contributed by atoms with Crippen LogP contribution in [0.1, 0.15) is 5.56 Å². The minimum Gasteiger partial charge on any atom is -0.341 e. The van der Waals surface area contributed by atoms with E-state index in [-0.39, 0.29) is 0 Å². The van der Waals surface area contributed by atoms with E-state index in [4.69, 9.17) is 0 Å². The lowest BCUT2D eigenvalue weighted by Crippen LogP contribution is -1.92. The van der Waals surface area contributed by atoms with Gasteiger partial charge in [0.05, 0.1) is 17.0 Å². The molecule has 2 heterocycles. The van der Waals surface area contributed by atoms with Gasteiger partial charge in [0.15, 0.2) is 0 Å². The van der Waals surface area contributed by atoms with E-state index in [2.05, 4.69) is 21.6 Å². The van der Waals surface area contributed by atoms with Crippen molar-refractivity contribution in [2.75, 3.05) is 11.1 Å². The number of benzene rings is 1. The highest BCUT2D eigenvalue weighted by atomic mass is 32.2. The Morgan fingerprint density at radius 2 is 2.31 bits per heavy atom. The molecule has 0 saturated heterocycles. The summed E-state index contributed by atoms with van der Waals surface area (Å²) in [6.07, 6.45) is 2.60. The highest BCUT2D eigenvalue weighted by molar-refractivity contribution is 7.85. The fourth-order valence-corrected chi connectivity index (χ4v) is 3.17. The fraction of sp³-hybridized carbons (Fsp3) is 0.182. The van der Waals surface area contributed by atoms with Crippen molar-refractivity contribution in [1.29, 1.82) is 0 Å². The van der Waals surface area contributed by atoms with Crippen molar-refractivity contribution in [2.45, 2.75) is 11.3 Å². The van der Waals surface area contributed by atoms with E-state index >= 15 is 0 Å². The molecular formula is C11H11N3OS. The average molecular weight is 233 g/mol. The number of rotatable bonds is 2. The maximum atomic E-state index is 11.6. The Hall–Kier alpha value is -1.62. The highest BCUT2D eigenvalue weighted by Crippen LogP contribution is 2.26. The zero-order chi connectivity index (χ0) is 11.0. The summed E-state index contributed by atoms with van der Waals surface area (Å²) in [5, 5.41) is 9.92. The minimum atomic E-state index is -0.793. The van der Waals surface area contributed by atoms with Crippen LogP contribution < -0.4 is 5.32 Å². The molecule has 82 valence electrons. The summed E-state index contributed by atoms with van der Waals surface area (Å²) in [6.45, 7) is 0. The molecule has 0 aliphatic carbocycles. The van der Waals surface area contributed by atoms with E-state index in [1.807, 2.05) is 18.2 Å². The van der Waals surface area contributed by atoms with Crippen molar-refractivity contribution >= 4 is 22.3 Å². The van der Waals surface area contributed by atoms with Crippen molar-refractivity contribution in [1.82, 2.24) is 10.2 Å². The predicted molar refractivity (Wildman–Crippen MR) is 63.3 cm³/mol. The third-order valence-corrected chi connectivity index (χ3v) is 4.11. The van der Waals surface area contributed by atoms with E-state index in [0.29, 0.717) is 0 Å². The molecule has 0 spiro atoms. The predicted octanol–water partition coefficient (Wildman–Crippen LogP) is 1.82. The number of aryl methyl sites for hydroxylation is 1. The van der Waals surface area contributed by atoms with E-state index in [1.54, 1.807) is 6.20 Å². The zero-order valence-electron chi connectivity index (χ0n) is 8.56. The van der Waals surface area contributed by atoms with Crippen molar-refractivity contribution in [3.63, 3.8) is 0 Å². The summed E-state index contributed by atoms with van der Waals surface area (Å²) in [5.74, 6) is 1.61. The number of anilines is 2. The Kier molecular flexibility index (Phi) is 2.25. The molecule has 16 heavy (non-hydrogen) atoms. The Balaban J connectivity index is 1.90. The molecule has 0 radical (unpaired) electrons. The monoisotopic (exact) mass is 233 g/mol. The van der Waals surface area contributed by atoms with Crippen LogP contribution in [0.4, 0.5) is 11.5 Å². The third kappa shape index (κ3) is 1.63. The first-order valence-corrected chi connectivity index (χ1v) is 6.42. The molecular weight excluding hydrogens is 222 g/mol. The standard InChI is InChI=1S/C11H11N3OS/c15-16-6-4-8-7-9(1-2-10(8)16)13-11-3-5-12-14-11/h1-3,5,7H,4,6H2,(H2,12,13,14). The van der Waals surface area contributed by atoms with Crippen LogP contribution in [0.2, 0.25) is 0 Å². The van der Waals surface area contributed by atoms with Gasteiger partial charge in [-0.2, -0.15) is 5.10 Å². The topological polar surface area (TPSA) is 57.8 Å². The van der Waals surface area contributed by atoms with Crippen molar-refractivity contribution in [2.24, 2.45) is 0 Å². The molecule has 2 aromatic rings. The molecule has 1 unspecified atom stereocenters. The number of H-pyrrole nitrogens is 1. The van der Waals surface area contributed by atoms with Gasteiger partial charge in [-0.05, 0) is 30.2 Å². The van der Waals surface area contributed by atoms with E-state index < -0.39 is 10.8 Å². The van der Waals surface area contributed by atoms with Gasteiger partial charge in [-0.15, -0.1) is 0 Å². The first-order chi connectivity index (χ1) is 7.83. The lowest BCUT2D eigenvalue weighted by molar-refractivity contribution is 0.685. The van der Waals surface area contributed by atoms with Crippen LogP contribution in [0.25, 0.3) is 0 Å². The summed E-state index contributed by atoms with van der Waals surface area (Å²) in [7, 11) is -0.793. The van der Waals surface area contributed by atoms with Gasteiger partial charge in [0.2, 0.25) is 0 Å². The maximum Gasteiger partial charge on any atom is 0.125 e. The molecule has 0 amide bonds. The van der Waals surface area contributed by atoms with Crippen LogP contribution in [-0.2, 0) is 17.2 Å². The van der Waals surface area contributed by atoms with E-state index in [1.165, 1.54) is 5.56 Å². The molecule has 2 N–H and O–H groups in total. The Morgan fingerprint density at radius 1 is 1.38 bits per heavy atom. The second-order valence-electron chi connectivity index (χ2n) is 3.72. The van der Waals surface area contributed by atoms with Crippen LogP contribution in [0.15, 0.2) is 35.4 Å². The van der Waals surface area contributed by atoms with Gasteiger partial charge in [0.1, 0.15) is 5.82 Å². The molecule has 4 nitrogen and oxygen atoms in total. The largest absolute Gasteiger partial charge is 0.341 e. The van der Waals surface area contributed by atoms with Gasteiger partial charge in [-0.1, -0.05) is 0 Å². The Bertz CT molecular complexity index is 536. The number of hydrogen-bond donors (Lipinski definition) is 2. The molecule has 0 saturated carbocycles. The van der Waals surface area contributed by atoms with Crippen molar-refractivity contribution < 1.29 is 4.21 Å². The molecule has 5 heteroatoms. The van der Waals surface area contributed by atoms with Gasteiger partial charge in [-0.25, -0.2) is 0 Å². The second kappa shape index (κ2) is 3.75.